The van der Waals surface area contributed by atoms with Crippen molar-refractivity contribution in [3.63, 3.8) is 0 Å². The third kappa shape index (κ3) is 8.68. The van der Waals surface area contributed by atoms with Crippen molar-refractivity contribution in [3.8, 4) is 5.75 Å². The first-order chi connectivity index (χ1) is 16.5. The second-order valence-electron chi connectivity index (χ2n) is 8.68. The summed E-state index contributed by atoms with van der Waals surface area (Å²) in [5.74, 6) is 0.207. The van der Waals surface area contributed by atoms with Crippen LogP contribution in [0, 0.1) is 9.49 Å². The Labute approximate surface area is 222 Å². The molecule has 2 aromatic carbocycles. The molecule has 2 aromatic rings. The Morgan fingerprint density at radius 3 is 2.14 bits per heavy atom. The summed E-state index contributed by atoms with van der Waals surface area (Å²) in [5.41, 5.74) is 1.19. The molecule has 0 aliphatic rings. The molecule has 0 aliphatic carbocycles. The van der Waals surface area contributed by atoms with Crippen molar-refractivity contribution in [1.29, 1.82) is 0 Å². The third-order valence-electron chi connectivity index (χ3n) is 5.38. The number of nitrogens with zero attached hydrogens (tertiary/aromatic N) is 2. The van der Waals surface area contributed by atoms with Gasteiger partial charge in [0.1, 0.15) is 18.3 Å². The number of rotatable bonds is 12. The molecule has 0 radical (unpaired) electrons. The first kappa shape index (κ1) is 28.9. The average molecular weight is 616 g/mol. The number of benzene rings is 2. The lowest BCUT2D eigenvalue weighted by atomic mass is 10.1. The number of carbonyl (C=O) groups is 2. The minimum atomic E-state index is -3.75. The van der Waals surface area contributed by atoms with Crippen LogP contribution in [0.4, 0.5) is 5.69 Å². The van der Waals surface area contributed by atoms with Gasteiger partial charge in [-0.3, -0.25) is 13.9 Å². The molecule has 0 saturated carbocycles. The van der Waals surface area contributed by atoms with Crippen LogP contribution in [-0.2, 0) is 26.2 Å². The molecular weight excluding hydrogens is 581 g/mol. The lowest BCUT2D eigenvalue weighted by Gasteiger charge is -2.33. The summed E-state index contributed by atoms with van der Waals surface area (Å²) in [5, 5.41) is 2.91. The molecule has 10 heteroatoms. The van der Waals surface area contributed by atoms with Gasteiger partial charge in [-0.2, -0.15) is 0 Å². The zero-order chi connectivity index (χ0) is 26.2. The van der Waals surface area contributed by atoms with Gasteiger partial charge in [-0.05, 0) is 76.9 Å². The van der Waals surface area contributed by atoms with Crippen LogP contribution in [0.25, 0.3) is 0 Å². The Bertz CT molecular complexity index is 1090. The fourth-order valence-electron chi connectivity index (χ4n) is 3.49. The van der Waals surface area contributed by atoms with Crippen LogP contribution in [0.1, 0.15) is 32.8 Å². The molecule has 1 N–H and O–H groups in total. The zero-order valence-corrected chi connectivity index (χ0v) is 23.8. The van der Waals surface area contributed by atoms with E-state index in [1.165, 1.54) is 4.90 Å². The first-order valence-electron chi connectivity index (χ1n) is 11.4. The molecule has 2 rings (SSSR count). The van der Waals surface area contributed by atoms with Gasteiger partial charge in [0, 0.05) is 16.7 Å². The van der Waals surface area contributed by atoms with Gasteiger partial charge in [-0.15, -0.1) is 0 Å². The topological polar surface area (TPSA) is 96.0 Å². The molecule has 0 aromatic heterocycles. The standard InChI is InChI=1S/C25H34IN3O5S/c1-6-23(25(31)27-15-18(2)3)28(16-19-7-13-22(34-4)14-8-19)24(30)17-29(35(5,32)33)21-11-9-20(26)10-12-21/h7-14,18,23H,6,15-17H2,1-5H3,(H,27,31)/t23-/m0/s1. The number of amides is 2. The molecule has 0 bridgehead atoms. The van der Waals surface area contributed by atoms with Gasteiger partial charge in [0.25, 0.3) is 0 Å². The number of sulfonamides is 1. The second-order valence-corrected chi connectivity index (χ2v) is 11.8. The number of hydrogen-bond acceptors (Lipinski definition) is 5. The molecule has 0 saturated heterocycles. The predicted octanol–water partition coefficient (Wildman–Crippen LogP) is 3.65. The molecule has 2 amide bonds. The molecule has 8 nitrogen and oxygen atoms in total. The molecule has 192 valence electrons. The van der Waals surface area contributed by atoms with E-state index in [0.29, 0.717) is 24.4 Å². The lowest BCUT2D eigenvalue weighted by molar-refractivity contribution is -0.140. The van der Waals surface area contributed by atoms with Crippen molar-refractivity contribution in [1.82, 2.24) is 10.2 Å². The van der Waals surface area contributed by atoms with E-state index in [-0.39, 0.29) is 18.4 Å². The maximum atomic E-state index is 13.6. The normalized spacial score (nSPS) is 12.2. The van der Waals surface area contributed by atoms with Crippen LogP contribution in [0.3, 0.4) is 0 Å². The Morgan fingerprint density at radius 2 is 1.66 bits per heavy atom. The maximum Gasteiger partial charge on any atom is 0.244 e. The van der Waals surface area contributed by atoms with Crippen molar-refractivity contribution >= 4 is 50.1 Å². The predicted molar refractivity (Wildman–Crippen MR) is 147 cm³/mol. The quantitative estimate of drug-likeness (QED) is 0.368. The first-order valence-corrected chi connectivity index (χ1v) is 14.3. The summed E-state index contributed by atoms with van der Waals surface area (Å²) in [6, 6.07) is 13.4. The molecule has 0 fully saturated rings. The number of hydrogen-bond donors (Lipinski definition) is 1. The largest absolute Gasteiger partial charge is 0.497 e. The number of halogens is 1. The van der Waals surface area contributed by atoms with Crippen LogP contribution >= 0.6 is 22.6 Å². The summed E-state index contributed by atoms with van der Waals surface area (Å²) in [4.78, 5) is 28.1. The van der Waals surface area contributed by atoms with E-state index < -0.39 is 28.5 Å². The highest BCUT2D eigenvalue weighted by molar-refractivity contribution is 14.1. The van der Waals surface area contributed by atoms with E-state index in [0.717, 1.165) is 19.7 Å². The van der Waals surface area contributed by atoms with Crippen LogP contribution in [0.2, 0.25) is 0 Å². The number of methoxy groups -OCH3 is 1. The van der Waals surface area contributed by atoms with Crippen molar-refractivity contribution in [2.75, 3.05) is 30.8 Å². The SMILES string of the molecule is CC[C@@H](C(=O)NCC(C)C)N(Cc1ccc(OC)cc1)C(=O)CN(c1ccc(I)cc1)S(C)(=O)=O. The summed E-state index contributed by atoms with van der Waals surface area (Å²) in [7, 11) is -2.18. The number of carbonyl (C=O) groups excluding carboxylic acids is 2. The molecule has 35 heavy (non-hydrogen) atoms. The minimum Gasteiger partial charge on any atom is -0.497 e. The van der Waals surface area contributed by atoms with E-state index in [1.807, 2.05) is 32.9 Å². The van der Waals surface area contributed by atoms with Gasteiger partial charge in [-0.25, -0.2) is 8.42 Å². The smallest absolute Gasteiger partial charge is 0.244 e. The minimum absolute atomic E-state index is 0.153. The van der Waals surface area contributed by atoms with Crippen molar-refractivity contribution in [2.45, 2.75) is 39.8 Å². The highest BCUT2D eigenvalue weighted by Crippen LogP contribution is 2.21. The Kier molecular flexibility index (Phi) is 10.8. The van der Waals surface area contributed by atoms with E-state index in [4.69, 9.17) is 4.74 Å². The molecule has 0 spiro atoms. The van der Waals surface area contributed by atoms with Crippen molar-refractivity contribution in [2.24, 2.45) is 5.92 Å². The van der Waals surface area contributed by atoms with Crippen molar-refractivity contribution in [3.05, 3.63) is 57.7 Å². The number of anilines is 1. The molecule has 0 heterocycles. The molecular formula is C25H34IN3O5S. The fraction of sp³-hybridized carbons (Fsp3) is 0.440. The Balaban J connectivity index is 2.40. The number of ether oxygens (including phenoxy) is 1. The number of nitrogens with one attached hydrogen (secondary N) is 1. The Morgan fingerprint density at radius 1 is 1.06 bits per heavy atom. The van der Waals surface area contributed by atoms with Gasteiger partial charge in [0.05, 0.1) is 19.1 Å². The van der Waals surface area contributed by atoms with Crippen LogP contribution < -0.4 is 14.4 Å². The van der Waals surface area contributed by atoms with Crippen LogP contribution in [0.5, 0.6) is 5.75 Å². The van der Waals surface area contributed by atoms with Crippen LogP contribution in [0.15, 0.2) is 48.5 Å². The average Bonchev–Trinajstić information content (AvgIpc) is 2.81. The van der Waals surface area contributed by atoms with E-state index in [1.54, 1.807) is 43.5 Å². The van der Waals surface area contributed by atoms with Crippen molar-refractivity contribution < 1.29 is 22.7 Å². The summed E-state index contributed by atoms with van der Waals surface area (Å²) >= 11 is 2.13. The van der Waals surface area contributed by atoms with E-state index in [2.05, 4.69) is 27.9 Å². The highest BCUT2D eigenvalue weighted by Gasteiger charge is 2.31. The van der Waals surface area contributed by atoms with Gasteiger partial charge in [0.2, 0.25) is 21.8 Å². The second kappa shape index (κ2) is 13.1. The molecule has 1 atom stereocenters. The monoisotopic (exact) mass is 615 g/mol. The highest BCUT2D eigenvalue weighted by atomic mass is 127. The van der Waals surface area contributed by atoms with Gasteiger partial charge in [-0.1, -0.05) is 32.9 Å². The van der Waals surface area contributed by atoms with E-state index >= 15 is 0 Å². The fourth-order valence-corrected chi connectivity index (χ4v) is 4.70. The Hall–Kier alpha value is -2.34. The summed E-state index contributed by atoms with van der Waals surface area (Å²) < 4.78 is 32.5. The molecule has 0 unspecified atom stereocenters. The molecule has 0 aliphatic heterocycles. The zero-order valence-electron chi connectivity index (χ0n) is 20.8. The summed E-state index contributed by atoms with van der Waals surface area (Å²) in [6.45, 7) is 6.04. The van der Waals surface area contributed by atoms with Gasteiger partial charge >= 0.3 is 0 Å². The third-order valence-corrected chi connectivity index (χ3v) is 7.24. The van der Waals surface area contributed by atoms with Crippen LogP contribution in [-0.4, -0.2) is 57.6 Å². The van der Waals surface area contributed by atoms with Gasteiger partial charge < -0.3 is 15.0 Å². The maximum absolute atomic E-state index is 13.6. The lowest BCUT2D eigenvalue weighted by Crippen LogP contribution is -2.52. The van der Waals surface area contributed by atoms with E-state index in [9.17, 15) is 18.0 Å². The van der Waals surface area contributed by atoms with Gasteiger partial charge in [0.15, 0.2) is 0 Å². The summed E-state index contributed by atoms with van der Waals surface area (Å²) in [6.07, 6.45) is 1.45.